The van der Waals surface area contributed by atoms with Crippen molar-refractivity contribution >= 4 is 29.0 Å². The lowest BCUT2D eigenvalue weighted by molar-refractivity contribution is 0.276. The Hall–Kier alpha value is -2.09. The van der Waals surface area contributed by atoms with E-state index in [9.17, 15) is 12.8 Å². The zero-order valence-corrected chi connectivity index (χ0v) is 14.1. The molecule has 0 radical (unpaired) electrons. The number of hydrogen-bond acceptors (Lipinski definition) is 4. The summed E-state index contributed by atoms with van der Waals surface area (Å²) < 4.78 is 43.0. The number of pyridine rings is 1. The van der Waals surface area contributed by atoms with Crippen LogP contribution in [0.25, 0.3) is 11.1 Å². The fourth-order valence-electron chi connectivity index (χ4n) is 2.32. The van der Waals surface area contributed by atoms with Gasteiger partial charge in [0.05, 0.1) is 6.26 Å². The van der Waals surface area contributed by atoms with Gasteiger partial charge in [0.15, 0.2) is 0 Å². The lowest BCUT2D eigenvalue weighted by Gasteiger charge is -2.15. The molecule has 0 spiro atoms. The van der Waals surface area contributed by atoms with E-state index < -0.39 is 16.7 Å². The maximum atomic E-state index is 12.4. The van der Waals surface area contributed by atoms with E-state index in [-0.39, 0.29) is 6.61 Å². The number of aromatic nitrogens is 1. The molecule has 122 valence electrons. The third-order valence-corrected chi connectivity index (χ3v) is 3.82. The molecule has 0 bridgehead atoms. The van der Waals surface area contributed by atoms with Gasteiger partial charge in [0, 0.05) is 23.6 Å². The van der Waals surface area contributed by atoms with Gasteiger partial charge in [-0.05, 0) is 35.6 Å². The van der Waals surface area contributed by atoms with Gasteiger partial charge in [0.1, 0.15) is 26.9 Å². The van der Waals surface area contributed by atoms with Crippen LogP contribution >= 0.6 is 0 Å². The van der Waals surface area contributed by atoms with Crippen LogP contribution in [0.1, 0.15) is 5.56 Å². The Morgan fingerprint density at radius 1 is 1.30 bits per heavy atom. The first-order valence-electron chi connectivity index (χ1n) is 7.04. The Kier molecular flexibility index (Phi) is 5.25. The summed E-state index contributed by atoms with van der Waals surface area (Å²) in [6.45, 7) is 1.27. The molecule has 0 atom stereocenters. The number of anilines is 1. The summed E-state index contributed by atoms with van der Waals surface area (Å²) in [5.74, 6) is 0.588. The summed E-state index contributed by atoms with van der Waals surface area (Å²) in [6.07, 6.45) is 4.42. The summed E-state index contributed by atoms with van der Waals surface area (Å²) in [5.41, 5.74) is 3.77. The Bertz CT molecular complexity index is 812. The second-order valence-electron chi connectivity index (χ2n) is 5.27. The van der Waals surface area contributed by atoms with Crippen molar-refractivity contribution in [2.24, 2.45) is 0 Å². The molecular formula is C15H18BFN2O3S. The van der Waals surface area contributed by atoms with Crippen LogP contribution in [0.2, 0.25) is 0 Å². The van der Waals surface area contributed by atoms with Gasteiger partial charge in [-0.1, -0.05) is 6.07 Å². The maximum absolute atomic E-state index is 12.4. The average molecular weight is 336 g/mol. The summed E-state index contributed by atoms with van der Waals surface area (Å²) in [7, 11) is -1.48. The molecule has 0 aliphatic carbocycles. The molecule has 0 aliphatic rings. The van der Waals surface area contributed by atoms with Gasteiger partial charge >= 0.3 is 0 Å². The van der Waals surface area contributed by atoms with Gasteiger partial charge in [-0.2, -0.15) is 0 Å². The van der Waals surface area contributed by atoms with Crippen molar-refractivity contribution < 1.29 is 17.5 Å². The highest BCUT2D eigenvalue weighted by Gasteiger charge is 2.13. The number of hydrogen-bond donors (Lipinski definition) is 1. The van der Waals surface area contributed by atoms with E-state index >= 15 is 0 Å². The second kappa shape index (κ2) is 7.00. The maximum Gasteiger partial charge on any atom is 0.229 e. The van der Waals surface area contributed by atoms with Gasteiger partial charge in [0.2, 0.25) is 10.0 Å². The van der Waals surface area contributed by atoms with Gasteiger partial charge in [-0.15, -0.1) is 0 Å². The monoisotopic (exact) mass is 336 g/mol. The molecule has 0 aliphatic heterocycles. The molecule has 2 aromatic rings. The molecule has 0 unspecified atom stereocenters. The highest BCUT2D eigenvalue weighted by atomic mass is 32.2. The van der Waals surface area contributed by atoms with Crippen LogP contribution in [-0.2, 0) is 10.0 Å². The number of alkyl halides is 1. The fraction of sp³-hybridized carbons (Fsp3) is 0.267. The third-order valence-electron chi connectivity index (χ3n) is 3.22. The largest absolute Gasteiger partial charge is 0.491 e. The lowest BCUT2D eigenvalue weighted by Crippen LogP contribution is -2.13. The van der Waals surface area contributed by atoms with Crippen LogP contribution in [0.5, 0.6) is 5.75 Å². The minimum absolute atomic E-state index is 0.0232. The van der Waals surface area contributed by atoms with E-state index in [1.165, 1.54) is 0 Å². The molecule has 1 heterocycles. The molecule has 5 nitrogen and oxygen atoms in total. The molecule has 0 saturated carbocycles. The summed E-state index contributed by atoms with van der Waals surface area (Å²) >= 11 is 0. The van der Waals surface area contributed by atoms with Crippen molar-refractivity contribution in [3.05, 3.63) is 36.2 Å². The number of benzene rings is 1. The van der Waals surface area contributed by atoms with Crippen LogP contribution < -0.4 is 14.9 Å². The first kappa shape index (κ1) is 17.3. The van der Waals surface area contributed by atoms with Crippen LogP contribution in [0.3, 0.4) is 0 Å². The van der Waals surface area contributed by atoms with E-state index in [0.717, 1.165) is 28.4 Å². The number of rotatable bonds is 6. The van der Waals surface area contributed by atoms with Crippen LogP contribution in [0.15, 0.2) is 30.6 Å². The van der Waals surface area contributed by atoms with Gasteiger partial charge in [-0.25, -0.2) is 12.8 Å². The minimum Gasteiger partial charge on any atom is -0.491 e. The predicted octanol–water partition coefficient (Wildman–Crippen LogP) is 1.04. The summed E-state index contributed by atoms with van der Waals surface area (Å²) in [5, 5.41) is 0. The Morgan fingerprint density at radius 3 is 2.65 bits per heavy atom. The number of aryl methyl sites for hydroxylation is 1. The molecule has 1 aromatic carbocycles. The predicted molar refractivity (Wildman–Crippen MR) is 92.5 cm³/mol. The SMILES string of the molecule is Bc1cncc(-c2ccc(NS(C)(=O)=O)cc2C)c1OCCF. The second-order valence-corrected chi connectivity index (χ2v) is 7.02. The number of nitrogens with zero attached hydrogens (tertiary/aromatic N) is 1. The summed E-state index contributed by atoms with van der Waals surface area (Å²) in [6, 6.07) is 5.20. The average Bonchev–Trinajstić information content (AvgIpc) is 2.44. The van der Waals surface area contributed by atoms with Crippen LogP contribution in [0.4, 0.5) is 10.1 Å². The topological polar surface area (TPSA) is 68.3 Å². The van der Waals surface area contributed by atoms with Crippen LogP contribution in [-0.4, -0.2) is 40.8 Å². The molecule has 23 heavy (non-hydrogen) atoms. The van der Waals surface area contributed by atoms with Crippen LogP contribution in [0, 0.1) is 6.92 Å². The van der Waals surface area contributed by atoms with Gasteiger partial charge in [0.25, 0.3) is 0 Å². The zero-order chi connectivity index (χ0) is 17.0. The molecule has 0 saturated heterocycles. The highest BCUT2D eigenvalue weighted by Crippen LogP contribution is 2.31. The van der Waals surface area contributed by atoms with Crippen molar-refractivity contribution in [1.82, 2.24) is 4.98 Å². The Balaban J connectivity index is 2.45. The molecular weight excluding hydrogens is 318 g/mol. The normalized spacial score (nSPS) is 11.3. The molecule has 1 aromatic heterocycles. The van der Waals surface area contributed by atoms with Crippen molar-refractivity contribution in [1.29, 1.82) is 0 Å². The molecule has 8 heteroatoms. The Labute approximate surface area is 136 Å². The third kappa shape index (κ3) is 4.45. The zero-order valence-electron chi connectivity index (χ0n) is 13.3. The van der Waals surface area contributed by atoms with Gasteiger partial charge in [-0.3, -0.25) is 9.71 Å². The quantitative estimate of drug-likeness (QED) is 0.801. The number of ether oxygens (including phenoxy) is 1. The fourth-order valence-corrected chi connectivity index (χ4v) is 2.88. The smallest absolute Gasteiger partial charge is 0.229 e. The van der Waals surface area contributed by atoms with Crippen molar-refractivity contribution in [2.45, 2.75) is 6.92 Å². The van der Waals surface area contributed by atoms with Crippen molar-refractivity contribution in [2.75, 3.05) is 24.3 Å². The molecule has 1 N–H and O–H groups in total. The summed E-state index contributed by atoms with van der Waals surface area (Å²) in [4.78, 5) is 4.17. The molecule has 2 rings (SSSR count). The Morgan fingerprint density at radius 2 is 2.04 bits per heavy atom. The van der Waals surface area contributed by atoms with E-state index in [4.69, 9.17) is 4.74 Å². The van der Waals surface area contributed by atoms with E-state index in [0.29, 0.717) is 11.4 Å². The minimum atomic E-state index is -3.33. The molecule has 0 fully saturated rings. The van der Waals surface area contributed by atoms with E-state index in [1.807, 2.05) is 14.8 Å². The van der Waals surface area contributed by atoms with Crippen molar-refractivity contribution in [3.8, 4) is 16.9 Å². The lowest BCUT2D eigenvalue weighted by atomic mass is 9.91. The van der Waals surface area contributed by atoms with E-state index in [1.54, 1.807) is 30.6 Å². The van der Waals surface area contributed by atoms with Gasteiger partial charge < -0.3 is 4.74 Å². The standard InChI is InChI=1S/C15H18BFN2O3S/c1-10-7-11(19-23(2,20)21)3-4-12(10)13-8-18-9-14(16)15(13)22-6-5-17/h3-4,7-9,19H,5-6,16H2,1-2H3. The molecule has 0 amide bonds. The number of sulfonamides is 1. The number of halogens is 1. The number of nitrogens with one attached hydrogen (secondary N) is 1. The highest BCUT2D eigenvalue weighted by molar-refractivity contribution is 7.92. The van der Waals surface area contributed by atoms with Crippen molar-refractivity contribution in [3.63, 3.8) is 0 Å². The first-order valence-corrected chi connectivity index (χ1v) is 8.93. The first-order chi connectivity index (χ1) is 10.8. The van der Waals surface area contributed by atoms with E-state index in [2.05, 4.69) is 9.71 Å².